The number of carbonyl (C=O) groups is 3. The molecule has 1 aromatic carbocycles. The van der Waals surface area contributed by atoms with E-state index in [1.54, 1.807) is 59.7 Å². The van der Waals surface area contributed by atoms with E-state index in [2.05, 4.69) is 10.3 Å². The molecule has 2 aliphatic rings. The average molecular weight is 435 g/mol. The first-order valence-electron chi connectivity index (χ1n) is 9.89. The molecule has 8 heteroatoms. The van der Waals surface area contributed by atoms with Crippen LogP contribution < -0.4 is 10.2 Å². The summed E-state index contributed by atoms with van der Waals surface area (Å²) in [5.74, 6) is -0.563. The van der Waals surface area contributed by atoms with Crippen LogP contribution in [0.4, 0.5) is 5.69 Å². The molecule has 1 aromatic heterocycles. The Morgan fingerprint density at radius 3 is 2.74 bits per heavy atom. The van der Waals surface area contributed by atoms with Gasteiger partial charge in [-0.15, -0.1) is 11.3 Å². The number of benzene rings is 1. The predicted octanol–water partition coefficient (Wildman–Crippen LogP) is 2.87. The van der Waals surface area contributed by atoms with Crippen LogP contribution in [0.2, 0.25) is 0 Å². The van der Waals surface area contributed by atoms with E-state index in [0.717, 1.165) is 4.88 Å². The summed E-state index contributed by atoms with van der Waals surface area (Å²) in [6.07, 6.45) is 6.92. The van der Waals surface area contributed by atoms with Crippen molar-refractivity contribution in [2.75, 3.05) is 11.4 Å². The van der Waals surface area contributed by atoms with Crippen molar-refractivity contribution in [2.24, 2.45) is 4.99 Å². The zero-order chi connectivity index (χ0) is 21.8. The van der Waals surface area contributed by atoms with Gasteiger partial charge in [-0.3, -0.25) is 14.4 Å². The van der Waals surface area contributed by atoms with Gasteiger partial charge in [0.05, 0.1) is 13.0 Å². The predicted molar refractivity (Wildman–Crippen MR) is 121 cm³/mol. The summed E-state index contributed by atoms with van der Waals surface area (Å²) >= 11 is 1.55. The van der Waals surface area contributed by atoms with Gasteiger partial charge < -0.3 is 15.1 Å². The van der Waals surface area contributed by atoms with Gasteiger partial charge in [0.25, 0.3) is 11.8 Å². The van der Waals surface area contributed by atoms with Gasteiger partial charge in [-0.2, -0.15) is 4.99 Å². The summed E-state index contributed by atoms with van der Waals surface area (Å²) < 4.78 is 0. The number of fused-ring (bicyclic) bond motifs is 1. The molecule has 4 rings (SSSR count). The van der Waals surface area contributed by atoms with Gasteiger partial charge in [0.2, 0.25) is 5.91 Å². The molecular formula is C23H22N4O3S. The number of allylic oxidation sites excluding steroid dienone is 2. The zero-order valence-corrected chi connectivity index (χ0v) is 17.8. The summed E-state index contributed by atoms with van der Waals surface area (Å²) in [6, 6.07) is 12.9. The number of anilines is 1. The van der Waals surface area contributed by atoms with Crippen LogP contribution in [-0.4, -0.2) is 40.5 Å². The number of amides is 3. The fraction of sp³-hybridized carbons (Fsp3) is 0.217. The van der Waals surface area contributed by atoms with Crippen LogP contribution in [0.25, 0.3) is 0 Å². The van der Waals surface area contributed by atoms with Crippen molar-refractivity contribution >= 4 is 40.6 Å². The van der Waals surface area contributed by atoms with E-state index in [4.69, 9.17) is 0 Å². The number of aliphatic imine (C=N–C) groups is 1. The van der Waals surface area contributed by atoms with Gasteiger partial charge in [0.1, 0.15) is 17.9 Å². The molecule has 158 valence electrons. The van der Waals surface area contributed by atoms with E-state index in [1.165, 1.54) is 4.90 Å². The number of carbonyl (C=O) groups excluding carboxylic acids is 3. The van der Waals surface area contributed by atoms with Gasteiger partial charge in [0.15, 0.2) is 0 Å². The minimum atomic E-state index is -1.20. The van der Waals surface area contributed by atoms with E-state index < -0.39 is 5.54 Å². The highest BCUT2D eigenvalue weighted by Gasteiger charge is 2.47. The molecule has 0 saturated carbocycles. The lowest BCUT2D eigenvalue weighted by molar-refractivity contribution is -0.133. The molecule has 0 radical (unpaired) electrons. The maximum atomic E-state index is 13.8. The number of nitrogens with zero attached hydrogens (tertiary/aromatic N) is 3. The number of nitrogens with one attached hydrogen (secondary N) is 1. The molecule has 7 nitrogen and oxygen atoms in total. The highest BCUT2D eigenvalue weighted by Crippen LogP contribution is 2.31. The Kier molecular flexibility index (Phi) is 5.81. The van der Waals surface area contributed by atoms with E-state index >= 15 is 0 Å². The van der Waals surface area contributed by atoms with Crippen LogP contribution in [0.3, 0.4) is 0 Å². The topological polar surface area (TPSA) is 82.1 Å². The van der Waals surface area contributed by atoms with Crippen LogP contribution in [0.5, 0.6) is 0 Å². The molecule has 1 N–H and O–H groups in total. The fourth-order valence-corrected chi connectivity index (χ4v) is 4.29. The van der Waals surface area contributed by atoms with Crippen molar-refractivity contribution in [3.05, 3.63) is 77.1 Å². The lowest BCUT2D eigenvalue weighted by atomic mass is 9.90. The normalized spacial score (nSPS) is 19.6. The van der Waals surface area contributed by atoms with Crippen LogP contribution in [0.1, 0.15) is 18.2 Å². The third kappa shape index (κ3) is 4.34. The van der Waals surface area contributed by atoms with Crippen LogP contribution in [0.15, 0.2) is 77.3 Å². The Labute approximate surface area is 184 Å². The summed E-state index contributed by atoms with van der Waals surface area (Å²) in [6.45, 7) is 1.96. The van der Waals surface area contributed by atoms with Crippen LogP contribution in [-0.2, 0) is 20.9 Å². The first-order valence-corrected chi connectivity index (χ1v) is 10.8. The monoisotopic (exact) mass is 434 g/mol. The van der Waals surface area contributed by atoms with Gasteiger partial charge >= 0.3 is 0 Å². The average Bonchev–Trinajstić information content (AvgIpc) is 3.30. The van der Waals surface area contributed by atoms with Gasteiger partial charge in [-0.25, -0.2) is 0 Å². The number of hydrogen-bond donors (Lipinski definition) is 1. The Bertz CT molecular complexity index is 1080. The maximum absolute atomic E-state index is 13.8. The first-order chi connectivity index (χ1) is 15.0. The highest BCUT2D eigenvalue weighted by atomic mass is 32.1. The maximum Gasteiger partial charge on any atom is 0.254 e. The van der Waals surface area contributed by atoms with E-state index in [0.29, 0.717) is 18.1 Å². The second kappa shape index (κ2) is 8.69. The van der Waals surface area contributed by atoms with E-state index in [-0.39, 0.29) is 30.7 Å². The Morgan fingerprint density at radius 2 is 2.00 bits per heavy atom. The lowest BCUT2D eigenvalue weighted by Gasteiger charge is -2.44. The SMILES string of the molecule is CC1(C(=O)N(CC(=O)NCc2cccs2)c2ccccc2)CC(=O)N=C2C=CC=CN21. The lowest BCUT2D eigenvalue weighted by Crippen LogP contribution is -2.61. The summed E-state index contributed by atoms with van der Waals surface area (Å²) in [5.41, 5.74) is -0.604. The molecule has 1 unspecified atom stereocenters. The highest BCUT2D eigenvalue weighted by molar-refractivity contribution is 7.09. The molecule has 3 heterocycles. The van der Waals surface area contributed by atoms with Crippen molar-refractivity contribution in [3.63, 3.8) is 0 Å². The third-order valence-electron chi connectivity index (χ3n) is 5.22. The minimum absolute atomic E-state index is 0.0757. The Balaban J connectivity index is 1.60. The first kappa shape index (κ1) is 20.7. The smallest absolute Gasteiger partial charge is 0.254 e. The number of amidine groups is 1. The second-order valence-corrected chi connectivity index (χ2v) is 8.50. The van der Waals surface area contributed by atoms with Crippen molar-refractivity contribution in [2.45, 2.75) is 25.4 Å². The molecule has 0 aliphatic carbocycles. The third-order valence-corrected chi connectivity index (χ3v) is 6.10. The summed E-state index contributed by atoms with van der Waals surface area (Å²) in [4.78, 5) is 47.1. The van der Waals surface area contributed by atoms with E-state index in [1.807, 2.05) is 35.7 Å². The van der Waals surface area contributed by atoms with Crippen molar-refractivity contribution in [1.29, 1.82) is 0 Å². The van der Waals surface area contributed by atoms with Crippen molar-refractivity contribution in [3.8, 4) is 0 Å². The molecule has 31 heavy (non-hydrogen) atoms. The largest absolute Gasteiger partial charge is 0.350 e. The van der Waals surface area contributed by atoms with E-state index in [9.17, 15) is 14.4 Å². The molecule has 0 bridgehead atoms. The minimum Gasteiger partial charge on any atom is -0.350 e. The van der Waals surface area contributed by atoms with Gasteiger partial charge in [-0.05, 0) is 42.7 Å². The molecule has 2 aromatic rings. The molecular weight excluding hydrogens is 412 g/mol. The molecule has 3 amide bonds. The fourth-order valence-electron chi connectivity index (χ4n) is 3.65. The van der Waals surface area contributed by atoms with Gasteiger partial charge in [0, 0.05) is 16.8 Å². The standard InChI is InChI=1S/C23H22N4O3S/c1-23(14-20(28)25-19-11-5-6-12-27(19)23)22(30)26(17-8-3-2-4-9-17)16-21(29)24-15-18-10-7-13-31-18/h2-13H,14-16H2,1H3,(H,24,29). The quantitative estimate of drug-likeness (QED) is 0.758. The second-order valence-electron chi connectivity index (χ2n) is 7.47. The summed E-state index contributed by atoms with van der Waals surface area (Å²) in [7, 11) is 0. The molecule has 2 aliphatic heterocycles. The number of thiophene rings is 1. The molecule has 0 spiro atoms. The summed E-state index contributed by atoms with van der Waals surface area (Å²) in [5, 5.41) is 4.82. The van der Waals surface area contributed by atoms with Crippen molar-refractivity contribution in [1.82, 2.24) is 10.2 Å². The molecule has 0 saturated heterocycles. The molecule has 1 atom stereocenters. The molecule has 0 fully saturated rings. The number of rotatable bonds is 6. The Morgan fingerprint density at radius 1 is 1.19 bits per heavy atom. The van der Waals surface area contributed by atoms with Crippen LogP contribution >= 0.6 is 11.3 Å². The zero-order valence-electron chi connectivity index (χ0n) is 17.0. The number of hydrogen-bond acceptors (Lipinski definition) is 5. The Hall–Kier alpha value is -3.52. The van der Waals surface area contributed by atoms with Crippen molar-refractivity contribution < 1.29 is 14.4 Å². The number of para-hydroxylation sites is 1. The van der Waals surface area contributed by atoms with Crippen LogP contribution in [0, 0.1) is 0 Å². The van der Waals surface area contributed by atoms with Gasteiger partial charge in [-0.1, -0.05) is 30.3 Å².